The highest BCUT2D eigenvalue weighted by molar-refractivity contribution is 5.74. The average molecular weight is 439 g/mol. The quantitative estimate of drug-likeness (QED) is 0.605. The maximum absolute atomic E-state index is 12.0. The minimum absolute atomic E-state index is 0.0152. The van der Waals surface area contributed by atoms with Gasteiger partial charge in [-0.15, -0.1) is 0 Å². The minimum atomic E-state index is -0.266. The molecule has 2 amide bonds. The Balaban J connectivity index is 1.47. The number of anilines is 2. The fraction of sp³-hybridized carbons (Fsp3) is 0.500. The summed E-state index contributed by atoms with van der Waals surface area (Å²) in [7, 11) is 1.72. The number of nitrogens with two attached hydrogens (primary N) is 1. The van der Waals surface area contributed by atoms with Gasteiger partial charge in [0.15, 0.2) is 0 Å². The molecule has 12 heteroatoms. The molecule has 0 unspecified atom stereocenters. The predicted molar refractivity (Wildman–Crippen MR) is 115 cm³/mol. The van der Waals surface area contributed by atoms with Crippen LogP contribution < -0.4 is 20.7 Å². The third-order valence-corrected chi connectivity index (χ3v) is 5.50. The van der Waals surface area contributed by atoms with E-state index in [9.17, 15) is 4.79 Å². The van der Waals surface area contributed by atoms with Gasteiger partial charge < -0.3 is 30.3 Å². The first-order valence-electron chi connectivity index (χ1n) is 10.4. The van der Waals surface area contributed by atoms with E-state index in [2.05, 4.69) is 30.2 Å². The Bertz CT molecular complexity index is 983. The third kappa shape index (κ3) is 4.94. The number of nitrogen functional groups attached to an aromatic ring is 1. The zero-order valence-corrected chi connectivity index (χ0v) is 17.8. The van der Waals surface area contributed by atoms with Crippen molar-refractivity contribution in [3.8, 4) is 23.2 Å². The molecular formula is C20H25N9O3. The van der Waals surface area contributed by atoms with Crippen LogP contribution in [0, 0.1) is 11.3 Å². The van der Waals surface area contributed by atoms with Gasteiger partial charge in [0, 0.05) is 63.0 Å². The molecule has 12 nitrogen and oxygen atoms in total. The lowest BCUT2D eigenvalue weighted by molar-refractivity contribution is 0.0407. The molecule has 3 N–H and O–H groups in total. The Labute approximate surface area is 185 Å². The van der Waals surface area contributed by atoms with Crippen LogP contribution in [0.5, 0.6) is 5.88 Å². The summed E-state index contributed by atoms with van der Waals surface area (Å²) in [6, 6.07) is 3.44. The van der Waals surface area contributed by atoms with Gasteiger partial charge in [-0.25, -0.2) is 19.7 Å². The van der Waals surface area contributed by atoms with Gasteiger partial charge in [-0.1, -0.05) is 0 Å². The highest BCUT2D eigenvalue weighted by Gasteiger charge is 2.36. The number of nitrogens with zero attached hydrogens (tertiary/aromatic N) is 7. The second-order valence-corrected chi connectivity index (χ2v) is 7.61. The fourth-order valence-corrected chi connectivity index (χ4v) is 3.52. The van der Waals surface area contributed by atoms with Crippen molar-refractivity contribution in [2.75, 3.05) is 50.5 Å². The topological polar surface area (TPSA) is 155 Å². The molecule has 4 rings (SSSR count). The third-order valence-electron chi connectivity index (χ3n) is 5.50. The fourth-order valence-electron chi connectivity index (χ4n) is 3.52. The van der Waals surface area contributed by atoms with Gasteiger partial charge in [0.2, 0.25) is 17.8 Å². The number of nitriles is 1. The maximum Gasteiger partial charge on any atom is 0.318 e. The molecule has 0 aromatic carbocycles. The zero-order valence-electron chi connectivity index (χ0n) is 17.8. The number of hydrogen-bond acceptors (Lipinski definition) is 10. The first kappa shape index (κ1) is 21.5. The molecule has 3 heterocycles. The summed E-state index contributed by atoms with van der Waals surface area (Å²) < 4.78 is 11.6. The number of carbonyl (C=O) groups is 1. The van der Waals surface area contributed by atoms with Crippen LogP contribution in [0.4, 0.5) is 16.7 Å². The molecular weight excluding hydrogens is 414 g/mol. The van der Waals surface area contributed by atoms with E-state index in [4.69, 9.17) is 20.5 Å². The van der Waals surface area contributed by atoms with Gasteiger partial charge in [-0.3, -0.25) is 0 Å². The van der Waals surface area contributed by atoms with Gasteiger partial charge in [0.25, 0.3) is 0 Å². The second-order valence-electron chi connectivity index (χ2n) is 7.61. The highest BCUT2D eigenvalue weighted by atomic mass is 16.5. The number of aromatic nitrogens is 4. The number of ether oxygens (including phenoxy) is 2. The molecule has 1 saturated heterocycles. The number of nitrogens with one attached hydrogen (secondary N) is 1. The van der Waals surface area contributed by atoms with Gasteiger partial charge in [0.05, 0.1) is 25.0 Å². The van der Waals surface area contributed by atoms with Crippen LogP contribution in [0.3, 0.4) is 0 Å². The molecule has 2 aromatic heterocycles. The van der Waals surface area contributed by atoms with Crippen molar-refractivity contribution in [3.05, 3.63) is 18.5 Å². The van der Waals surface area contributed by atoms with E-state index in [-0.39, 0.29) is 30.7 Å². The van der Waals surface area contributed by atoms with E-state index in [1.165, 1.54) is 0 Å². The van der Waals surface area contributed by atoms with Crippen LogP contribution in [0.25, 0.3) is 11.3 Å². The molecule has 0 spiro atoms. The number of morpholine rings is 1. The molecule has 1 saturated carbocycles. The predicted octanol–water partition coefficient (Wildman–Crippen LogP) is 0.427. The van der Waals surface area contributed by atoms with Gasteiger partial charge in [0.1, 0.15) is 12.6 Å². The van der Waals surface area contributed by atoms with E-state index in [0.717, 1.165) is 0 Å². The second kappa shape index (κ2) is 9.61. The number of rotatable bonds is 6. The molecule has 0 radical (unpaired) electrons. The highest BCUT2D eigenvalue weighted by Crippen LogP contribution is 2.31. The Kier molecular flexibility index (Phi) is 6.46. The van der Waals surface area contributed by atoms with Crippen LogP contribution in [0.1, 0.15) is 12.8 Å². The van der Waals surface area contributed by atoms with Crippen molar-refractivity contribution in [1.82, 2.24) is 30.2 Å². The van der Waals surface area contributed by atoms with Gasteiger partial charge in [-0.05, 0) is 0 Å². The summed E-state index contributed by atoms with van der Waals surface area (Å²) in [5, 5.41) is 11.2. The van der Waals surface area contributed by atoms with Crippen molar-refractivity contribution in [1.29, 1.82) is 5.26 Å². The summed E-state index contributed by atoms with van der Waals surface area (Å²) in [5.74, 6) is 1.20. The summed E-state index contributed by atoms with van der Waals surface area (Å²) in [4.78, 5) is 33.1. The van der Waals surface area contributed by atoms with E-state index in [1.54, 1.807) is 30.4 Å². The van der Waals surface area contributed by atoms with Gasteiger partial charge in [-0.2, -0.15) is 10.2 Å². The monoisotopic (exact) mass is 439 g/mol. The van der Waals surface area contributed by atoms with Gasteiger partial charge >= 0.3 is 6.03 Å². The number of hydrogen-bond donors (Lipinski definition) is 2. The van der Waals surface area contributed by atoms with Crippen molar-refractivity contribution in [2.45, 2.75) is 25.0 Å². The Morgan fingerprint density at radius 3 is 2.75 bits per heavy atom. The molecule has 1 aliphatic heterocycles. The standard InChI is InChI=1S/C20H25N9O3/c1-28(20(30)23-3-2-21)14-8-15(9-14)32-17-10-16(13-11-24-18(22)25-12-13)26-19(27-17)29-4-6-31-7-5-29/h10-12,14-15H,3-9H2,1H3,(H,23,30)(H2,22,24,25)/t14-,15-. The van der Waals surface area contributed by atoms with E-state index < -0.39 is 0 Å². The van der Waals surface area contributed by atoms with Crippen LogP contribution in [-0.2, 0) is 4.74 Å². The minimum Gasteiger partial charge on any atom is -0.474 e. The lowest BCUT2D eigenvalue weighted by atomic mass is 9.88. The molecule has 1 aliphatic carbocycles. The van der Waals surface area contributed by atoms with E-state index in [1.807, 2.05) is 6.07 Å². The molecule has 0 bridgehead atoms. The molecule has 32 heavy (non-hydrogen) atoms. The Morgan fingerprint density at radius 1 is 1.34 bits per heavy atom. The molecule has 168 valence electrons. The first-order valence-corrected chi connectivity index (χ1v) is 10.4. The van der Waals surface area contributed by atoms with Crippen LogP contribution in [0.2, 0.25) is 0 Å². The summed E-state index contributed by atoms with van der Waals surface area (Å²) in [5.41, 5.74) is 6.96. The Hall–Kier alpha value is -3.72. The zero-order chi connectivity index (χ0) is 22.5. The molecule has 2 aromatic rings. The Morgan fingerprint density at radius 2 is 2.06 bits per heavy atom. The van der Waals surface area contributed by atoms with Crippen molar-refractivity contribution >= 4 is 17.9 Å². The number of amides is 2. The lowest BCUT2D eigenvalue weighted by Crippen LogP contribution is -2.52. The maximum atomic E-state index is 12.0. The average Bonchev–Trinajstić information content (AvgIpc) is 2.80. The van der Waals surface area contributed by atoms with Crippen LogP contribution in [0.15, 0.2) is 18.5 Å². The SMILES string of the molecule is CN(C(=O)NCC#N)[C@H]1C[C@H](Oc2cc(-c3cnc(N)nc3)nc(N3CCOCC3)n2)C1. The normalized spacial score (nSPS) is 20.1. The van der Waals surface area contributed by atoms with Crippen molar-refractivity contribution in [2.24, 2.45) is 0 Å². The summed E-state index contributed by atoms with van der Waals surface area (Å²) in [6.07, 6.45) is 4.51. The smallest absolute Gasteiger partial charge is 0.318 e. The number of carbonyl (C=O) groups excluding carboxylic acids is 1. The van der Waals surface area contributed by atoms with Crippen LogP contribution >= 0.6 is 0 Å². The summed E-state index contributed by atoms with van der Waals surface area (Å²) in [6.45, 7) is 2.59. The molecule has 0 atom stereocenters. The first-order chi connectivity index (χ1) is 15.5. The van der Waals surface area contributed by atoms with Crippen molar-refractivity contribution in [3.63, 3.8) is 0 Å². The van der Waals surface area contributed by atoms with Crippen LogP contribution in [-0.4, -0.2) is 82.9 Å². The van der Waals surface area contributed by atoms with E-state index >= 15 is 0 Å². The molecule has 2 fully saturated rings. The summed E-state index contributed by atoms with van der Waals surface area (Å²) >= 11 is 0. The van der Waals surface area contributed by atoms with Crippen molar-refractivity contribution < 1.29 is 14.3 Å². The molecule has 2 aliphatic rings. The number of urea groups is 1. The van der Waals surface area contributed by atoms with E-state index in [0.29, 0.717) is 62.2 Å². The lowest BCUT2D eigenvalue weighted by Gasteiger charge is -2.40. The largest absolute Gasteiger partial charge is 0.474 e.